The number of rotatable bonds is 5. The molecular formula is C27H29F3N4O. The number of halogens is 3. The molecule has 0 saturated carbocycles. The Morgan fingerprint density at radius 2 is 1.66 bits per heavy atom. The molecule has 3 aromatic rings. The summed E-state index contributed by atoms with van der Waals surface area (Å²) in [6, 6.07) is 14.7. The summed E-state index contributed by atoms with van der Waals surface area (Å²) in [6.07, 6.45) is -2.16. The first-order valence-electron chi connectivity index (χ1n) is 11.9. The molecular weight excluding hydrogens is 453 g/mol. The van der Waals surface area contributed by atoms with Crippen LogP contribution in [0, 0.1) is 6.92 Å². The molecule has 0 radical (unpaired) electrons. The van der Waals surface area contributed by atoms with Gasteiger partial charge < -0.3 is 9.80 Å². The van der Waals surface area contributed by atoms with Crippen molar-refractivity contribution in [3.05, 3.63) is 88.4 Å². The highest BCUT2D eigenvalue weighted by atomic mass is 19.4. The Hall–Kier alpha value is -3.42. The average molecular weight is 483 g/mol. The number of nitrogens with zero attached hydrogens (tertiary/aromatic N) is 4. The number of hydrogen-bond donors (Lipinski definition) is 0. The number of carbonyl (C=O) groups is 1. The van der Waals surface area contributed by atoms with E-state index in [-0.39, 0.29) is 11.5 Å². The van der Waals surface area contributed by atoms with E-state index in [1.807, 2.05) is 25.1 Å². The van der Waals surface area contributed by atoms with Gasteiger partial charge in [-0.15, -0.1) is 0 Å². The Balaban J connectivity index is 1.54. The van der Waals surface area contributed by atoms with Crippen molar-refractivity contribution in [2.75, 3.05) is 31.1 Å². The van der Waals surface area contributed by atoms with Gasteiger partial charge in [0.15, 0.2) is 0 Å². The second kappa shape index (κ2) is 10.5. The summed E-state index contributed by atoms with van der Waals surface area (Å²) in [5.41, 5.74) is 2.82. The number of carbonyl (C=O) groups excluding carboxylic acids is 1. The van der Waals surface area contributed by atoms with Crippen LogP contribution in [-0.2, 0) is 19.0 Å². The first kappa shape index (κ1) is 24.7. The summed E-state index contributed by atoms with van der Waals surface area (Å²) in [4.78, 5) is 26.5. The summed E-state index contributed by atoms with van der Waals surface area (Å²) < 4.78 is 38.6. The SMILES string of the molecule is CCc1nc(C)nc(N2CCCN(C(=O)c3ccc(C(F)(F)F)cc3)CC2)c1Cc1ccccc1. The Morgan fingerprint density at radius 3 is 2.31 bits per heavy atom. The van der Waals surface area contributed by atoms with E-state index in [0.717, 1.165) is 60.8 Å². The molecule has 0 spiro atoms. The molecule has 0 unspecified atom stereocenters. The fourth-order valence-corrected chi connectivity index (χ4v) is 4.49. The largest absolute Gasteiger partial charge is 0.416 e. The number of benzene rings is 2. The van der Waals surface area contributed by atoms with Gasteiger partial charge in [-0.3, -0.25) is 4.79 Å². The molecule has 1 aliphatic heterocycles. The van der Waals surface area contributed by atoms with Gasteiger partial charge in [0.2, 0.25) is 0 Å². The second-order valence-corrected chi connectivity index (χ2v) is 8.74. The maximum Gasteiger partial charge on any atom is 0.416 e. The zero-order chi connectivity index (χ0) is 25.0. The van der Waals surface area contributed by atoms with Crippen molar-refractivity contribution >= 4 is 11.7 Å². The maximum absolute atomic E-state index is 13.0. The highest BCUT2D eigenvalue weighted by molar-refractivity contribution is 5.94. The molecule has 2 aromatic carbocycles. The molecule has 2 heterocycles. The van der Waals surface area contributed by atoms with Crippen LogP contribution < -0.4 is 4.90 Å². The van der Waals surface area contributed by atoms with Crippen LogP contribution in [0.5, 0.6) is 0 Å². The second-order valence-electron chi connectivity index (χ2n) is 8.74. The van der Waals surface area contributed by atoms with Crippen LogP contribution in [-0.4, -0.2) is 47.0 Å². The van der Waals surface area contributed by atoms with E-state index in [4.69, 9.17) is 9.97 Å². The van der Waals surface area contributed by atoms with Crippen molar-refractivity contribution in [3.8, 4) is 0 Å². The van der Waals surface area contributed by atoms with Crippen molar-refractivity contribution in [1.29, 1.82) is 0 Å². The van der Waals surface area contributed by atoms with E-state index >= 15 is 0 Å². The molecule has 1 saturated heterocycles. The number of aryl methyl sites for hydroxylation is 2. The van der Waals surface area contributed by atoms with Crippen LogP contribution in [0.3, 0.4) is 0 Å². The van der Waals surface area contributed by atoms with Crippen LogP contribution in [0.1, 0.15) is 51.9 Å². The molecule has 8 heteroatoms. The van der Waals surface area contributed by atoms with Gasteiger partial charge >= 0.3 is 6.18 Å². The standard InChI is InChI=1S/C27H29F3N4O/c1-3-24-23(18-20-8-5-4-6-9-20)25(32-19(2)31-24)33-14-7-15-34(17-16-33)26(35)21-10-12-22(13-11-21)27(28,29)30/h4-6,8-13H,3,7,14-18H2,1-2H3. The fraction of sp³-hybridized carbons (Fsp3) is 0.370. The minimum atomic E-state index is -4.42. The highest BCUT2D eigenvalue weighted by Crippen LogP contribution is 2.30. The number of anilines is 1. The summed E-state index contributed by atoms with van der Waals surface area (Å²) in [6.45, 7) is 6.32. The number of alkyl halides is 3. The third-order valence-corrected chi connectivity index (χ3v) is 6.28. The summed E-state index contributed by atoms with van der Waals surface area (Å²) in [7, 11) is 0. The van der Waals surface area contributed by atoms with Gasteiger partial charge in [-0.05, 0) is 49.6 Å². The smallest absolute Gasteiger partial charge is 0.354 e. The van der Waals surface area contributed by atoms with Crippen molar-refractivity contribution in [3.63, 3.8) is 0 Å². The summed E-state index contributed by atoms with van der Waals surface area (Å²) in [5, 5.41) is 0. The minimum absolute atomic E-state index is 0.252. The van der Waals surface area contributed by atoms with Crippen LogP contribution in [0.4, 0.5) is 19.0 Å². The predicted molar refractivity (Wildman–Crippen MR) is 130 cm³/mol. The molecule has 5 nitrogen and oxygen atoms in total. The van der Waals surface area contributed by atoms with E-state index in [0.29, 0.717) is 19.6 Å². The lowest BCUT2D eigenvalue weighted by molar-refractivity contribution is -0.137. The quantitative estimate of drug-likeness (QED) is 0.495. The molecule has 1 aliphatic rings. The van der Waals surface area contributed by atoms with Crippen molar-refractivity contribution in [2.45, 2.75) is 39.3 Å². The van der Waals surface area contributed by atoms with E-state index in [1.54, 1.807) is 4.90 Å². The molecule has 0 aliphatic carbocycles. The van der Waals surface area contributed by atoms with Gasteiger partial charge in [0.25, 0.3) is 5.91 Å². The predicted octanol–water partition coefficient (Wildman–Crippen LogP) is 5.31. The molecule has 0 bridgehead atoms. The van der Waals surface area contributed by atoms with Gasteiger partial charge in [0.1, 0.15) is 11.6 Å². The third-order valence-electron chi connectivity index (χ3n) is 6.28. The molecule has 184 valence electrons. The summed E-state index contributed by atoms with van der Waals surface area (Å²) >= 11 is 0. The third kappa shape index (κ3) is 5.81. The summed E-state index contributed by atoms with van der Waals surface area (Å²) in [5.74, 6) is 1.37. The van der Waals surface area contributed by atoms with Gasteiger partial charge in [-0.1, -0.05) is 37.3 Å². The van der Waals surface area contributed by atoms with Crippen LogP contribution in [0.15, 0.2) is 54.6 Å². The van der Waals surface area contributed by atoms with E-state index < -0.39 is 11.7 Å². The monoisotopic (exact) mass is 482 g/mol. The Morgan fingerprint density at radius 1 is 0.943 bits per heavy atom. The lowest BCUT2D eigenvalue weighted by Crippen LogP contribution is -2.36. The minimum Gasteiger partial charge on any atom is -0.354 e. The van der Waals surface area contributed by atoms with Gasteiger partial charge in [0, 0.05) is 49.4 Å². The Bertz CT molecular complexity index is 1160. The molecule has 1 amide bonds. The highest BCUT2D eigenvalue weighted by Gasteiger charge is 2.31. The Kier molecular flexibility index (Phi) is 7.38. The Labute approximate surface area is 203 Å². The fourth-order valence-electron chi connectivity index (χ4n) is 4.49. The topological polar surface area (TPSA) is 49.3 Å². The number of amides is 1. The first-order chi connectivity index (χ1) is 16.8. The number of hydrogen-bond acceptors (Lipinski definition) is 4. The molecule has 0 N–H and O–H groups in total. The molecule has 1 aromatic heterocycles. The van der Waals surface area contributed by atoms with E-state index in [9.17, 15) is 18.0 Å². The number of aromatic nitrogens is 2. The average Bonchev–Trinajstić information content (AvgIpc) is 3.11. The zero-order valence-corrected chi connectivity index (χ0v) is 20.0. The molecule has 0 atom stereocenters. The lowest BCUT2D eigenvalue weighted by Gasteiger charge is -2.26. The van der Waals surface area contributed by atoms with Crippen molar-refractivity contribution in [1.82, 2.24) is 14.9 Å². The first-order valence-corrected chi connectivity index (χ1v) is 11.9. The van der Waals surface area contributed by atoms with Crippen molar-refractivity contribution < 1.29 is 18.0 Å². The molecule has 4 rings (SSSR count). The van der Waals surface area contributed by atoms with E-state index in [1.165, 1.54) is 17.7 Å². The molecule has 35 heavy (non-hydrogen) atoms. The van der Waals surface area contributed by atoms with Crippen molar-refractivity contribution in [2.24, 2.45) is 0 Å². The van der Waals surface area contributed by atoms with Gasteiger partial charge in [0.05, 0.1) is 5.56 Å². The van der Waals surface area contributed by atoms with E-state index in [2.05, 4.69) is 24.0 Å². The normalized spacial score (nSPS) is 14.7. The van der Waals surface area contributed by atoms with Crippen LogP contribution in [0.2, 0.25) is 0 Å². The zero-order valence-electron chi connectivity index (χ0n) is 20.0. The van der Waals surface area contributed by atoms with Crippen LogP contribution >= 0.6 is 0 Å². The molecule has 1 fully saturated rings. The van der Waals surface area contributed by atoms with Gasteiger partial charge in [-0.25, -0.2) is 9.97 Å². The maximum atomic E-state index is 13.0. The van der Waals surface area contributed by atoms with Gasteiger partial charge in [-0.2, -0.15) is 13.2 Å². The lowest BCUT2D eigenvalue weighted by atomic mass is 10.0. The van der Waals surface area contributed by atoms with Crippen LogP contribution in [0.25, 0.3) is 0 Å².